The van der Waals surface area contributed by atoms with E-state index in [1.807, 2.05) is 55.5 Å². The van der Waals surface area contributed by atoms with Crippen molar-refractivity contribution in [3.8, 4) is 0 Å². The molecule has 3 nitrogen and oxygen atoms in total. The highest BCUT2D eigenvalue weighted by molar-refractivity contribution is 7.21. The summed E-state index contributed by atoms with van der Waals surface area (Å²) >= 11 is 1.36. The highest BCUT2D eigenvalue weighted by Crippen LogP contribution is 2.36. The first kappa shape index (κ1) is 14.5. The molecule has 4 heteroatoms. The van der Waals surface area contributed by atoms with Crippen LogP contribution in [0.15, 0.2) is 36.4 Å². The normalized spacial score (nSPS) is 11.4. The molecule has 2 aromatic heterocycles. The smallest absolute Gasteiger partial charge is 0.171 e. The van der Waals surface area contributed by atoms with Crippen LogP contribution in [0.3, 0.4) is 0 Å². The monoisotopic (exact) mass is 308 g/mol. The lowest BCUT2D eigenvalue weighted by molar-refractivity contribution is 0.102. The second kappa shape index (κ2) is 5.73. The highest BCUT2D eigenvalue weighted by Gasteiger charge is 2.16. The Hall–Kier alpha value is -2.46. The molecule has 22 heavy (non-hydrogen) atoms. The number of pyridine rings is 1. The number of benzene rings is 1. The molecule has 3 rings (SSSR count). The van der Waals surface area contributed by atoms with E-state index >= 15 is 0 Å². The first-order valence-corrected chi connectivity index (χ1v) is 7.81. The zero-order chi connectivity index (χ0) is 15.7. The third-order valence-electron chi connectivity index (χ3n) is 3.43. The van der Waals surface area contributed by atoms with Gasteiger partial charge in [-0.05, 0) is 24.1 Å². The number of nitrogens with two attached hydrogens (primary N) is 1. The van der Waals surface area contributed by atoms with E-state index in [1.54, 1.807) is 0 Å². The molecule has 2 heterocycles. The van der Waals surface area contributed by atoms with Gasteiger partial charge in [0, 0.05) is 18.0 Å². The van der Waals surface area contributed by atoms with E-state index < -0.39 is 0 Å². The van der Waals surface area contributed by atoms with Crippen LogP contribution < -0.4 is 5.73 Å². The molecule has 0 bridgehead atoms. The van der Waals surface area contributed by atoms with E-state index in [2.05, 4.69) is 4.98 Å². The minimum atomic E-state index is -0.0175. The molecular formula is C18H16N2OS. The fraction of sp³-hybridized carbons (Fsp3) is 0.111. The summed E-state index contributed by atoms with van der Waals surface area (Å²) < 4.78 is 0. The molecule has 0 radical (unpaired) electrons. The molecule has 2 N–H and O–H groups in total. The number of carbonyl (C=O) groups is 1. The molecule has 3 aromatic rings. The predicted octanol–water partition coefficient (Wildman–Crippen LogP) is 4.56. The van der Waals surface area contributed by atoms with Crippen LogP contribution in [0.5, 0.6) is 0 Å². The predicted molar refractivity (Wildman–Crippen MR) is 94.1 cm³/mol. The van der Waals surface area contributed by atoms with E-state index in [1.165, 1.54) is 18.3 Å². The van der Waals surface area contributed by atoms with Gasteiger partial charge in [-0.15, -0.1) is 11.3 Å². The van der Waals surface area contributed by atoms with Crippen LogP contribution >= 0.6 is 11.3 Å². The zero-order valence-electron chi connectivity index (χ0n) is 12.5. The fourth-order valence-corrected chi connectivity index (χ4v) is 3.49. The summed E-state index contributed by atoms with van der Waals surface area (Å²) in [5.74, 6) is -0.0175. The van der Waals surface area contributed by atoms with Crippen molar-refractivity contribution >= 4 is 45.2 Å². The third-order valence-corrected chi connectivity index (χ3v) is 4.63. The summed E-state index contributed by atoms with van der Waals surface area (Å²) in [6, 6.07) is 12.1. The van der Waals surface area contributed by atoms with Crippen molar-refractivity contribution in [1.82, 2.24) is 4.98 Å². The number of hydrogen-bond acceptors (Lipinski definition) is 4. The van der Waals surface area contributed by atoms with Crippen LogP contribution in [0, 0.1) is 6.92 Å². The minimum absolute atomic E-state index is 0.0175. The van der Waals surface area contributed by atoms with E-state index in [0.29, 0.717) is 10.6 Å². The Morgan fingerprint density at radius 2 is 1.95 bits per heavy atom. The van der Waals surface area contributed by atoms with Crippen molar-refractivity contribution < 1.29 is 4.79 Å². The lowest BCUT2D eigenvalue weighted by Gasteiger charge is -2.01. The van der Waals surface area contributed by atoms with Gasteiger partial charge in [0.2, 0.25) is 0 Å². The summed E-state index contributed by atoms with van der Waals surface area (Å²) in [6.07, 6.45) is 4.07. The van der Waals surface area contributed by atoms with Crippen LogP contribution in [0.1, 0.15) is 33.4 Å². The zero-order valence-corrected chi connectivity index (χ0v) is 13.3. The first-order valence-electron chi connectivity index (χ1n) is 7.00. The number of rotatable bonds is 3. The molecule has 1 aromatic carbocycles. The van der Waals surface area contributed by atoms with Gasteiger partial charge in [-0.25, -0.2) is 4.98 Å². The summed E-state index contributed by atoms with van der Waals surface area (Å²) in [6.45, 7) is 3.48. The van der Waals surface area contributed by atoms with Crippen molar-refractivity contribution in [2.45, 2.75) is 13.8 Å². The SMILES string of the molecule is CC(=O)c1sc2nc(C)cc(/C=C/c3ccccc3)c2c1N. The van der Waals surface area contributed by atoms with Crippen molar-refractivity contribution in [2.24, 2.45) is 0 Å². The summed E-state index contributed by atoms with van der Waals surface area (Å²) in [7, 11) is 0. The number of anilines is 1. The van der Waals surface area contributed by atoms with Gasteiger partial charge in [-0.1, -0.05) is 42.5 Å². The van der Waals surface area contributed by atoms with Gasteiger partial charge in [-0.3, -0.25) is 4.79 Å². The Morgan fingerprint density at radius 3 is 2.64 bits per heavy atom. The van der Waals surface area contributed by atoms with Gasteiger partial charge in [0.25, 0.3) is 0 Å². The number of carbonyl (C=O) groups excluding carboxylic acids is 1. The molecule has 0 aliphatic rings. The molecule has 0 unspecified atom stereocenters. The Morgan fingerprint density at radius 1 is 1.23 bits per heavy atom. The maximum absolute atomic E-state index is 11.7. The minimum Gasteiger partial charge on any atom is -0.397 e. The number of hydrogen-bond donors (Lipinski definition) is 1. The number of thiophene rings is 1. The van der Waals surface area contributed by atoms with Gasteiger partial charge < -0.3 is 5.73 Å². The first-order chi connectivity index (χ1) is 10.6. The number of ketones is 1. The number of aryl methyl sites for hydroxylation is 1. The average Bonchev–Trinajstić information content (AvgIpc) is 2.83. The third kappa shape index (κ3) is 2.65. The Labute approximate surface area is 133 Å². The maximum atomic E-state index is 11.7. The lowest BCUT2D eigenvalue weighted by Crippen LogP contribution is -1.95. The van der Waals surface area contributed by atoms with Crippen molar-refractivity contribution in [3.63, 3.8) is 0 Å². The van der Waals surface area contributed by atoms with E-state index in [4.69, 9.17) is 5.73 Å². The maximum Gasteiger partial charge on any atom is 0.171 e. The number of Topliss-reactive ketones (excluding diaryl/α,β-unsaturated/α-hetero) is 1. The number of nitrogens with zero attached hydrogens (tertiary/aromatic N) is 1. The van der Waals surface area contributed by atoms with Crippen molar-refractivity contribution in [2.75, 3.05) is 5.73 Å². The molecule has 110 valence electrons. The second-order valence-electron chi connectivity index (χ2n) is 5.18. The Balaban J connectivity index is 2.16. The highest BCUT2D eigenvalue weighted by atomic mass is 32.1. The molecule has 0 fully saturated rings. The van der Waals surface area contributed by atoms with E-state index in [0.717, 1.165) is 27.0 Å². The number of fused-ring (bicyclic) bond motifs is 1. The molecule has 0 aliphatic heterocycles. The lowest BCUT2D eigenvalue weighted by atomic mass is 10.1. The average molecular weight is 308 g/mol. The molecule has 0 atom stereocenters. The molecule has 0 spiro atoms. The summed E-state index contributed by atoms with van der Waals surface area (Å²) in [5.41, 5.74) is 9.73. The summed E-state index contributed by atoms with van der Waals surface area (Å²) in [5, 5.41) is 0.869. The number of aromatic nitrogens is 1. The second-order valence-corrected chi connectivity index (χ2v) is 6.18. The quantitative estimate of drug-likeness (QED) is 0.722. The van der Waals surface area contributed by atoms with Crippen LogP contribution in [0.4, 0.5) is 5.69 Å². The van der Waals surface area contributed by atoms with Crippen molar-refractivity contribution in [3.05, 3.63) is 58.1 Å². The molecule has 0 amide bonds. The van der Waals surface area contributed by atoms with Gasteiger partial charge in [0.05, 0.1) is 10.6 Å². The Kier molecular flexibility index (Phi) is 3.77. The van der Waals surface area contributed by atoms with Crippen LogP contribution in [0.25, 0.3) is 22.4 Å². The van der Waals surface area contributed by atoms with Crippen LogP contribution in [-0.4, -0.2) is 10.8 Å². The van der Waals surface area contributed by atoms with Gasteiger partial charge in [-0.2, -0.15) is 0 Å². The molecule has 0 saturated carbocycles. The molecule has 0 saturated heterocycles. The van der Waals surface area contributed by atoms with Crippen LogP contribution in [0.2, 0.25) is 0 Å². The standard InChI is InChI=1S/C18H16N2OS/c1-11-10-14(9-8-13-6-4-3-5-7-13)15-16(19)17(12(2)21)22-18(15)20-11/h3-10H,19H2,1-2H3/b9-8+. The van der Waals surface area contributed by atoms with Crippen molar-refractivity contribution in [1.29, 1.82) is 0 Å². The number of nitrogen functional groups attached to an aromatic ring is 1. The summed E-state index contributed by atoms with van der Waals surface area (Å²) in [4.78, 5) is 17.6. The largest absolute Gasteiger partial charge is 0.397 e. The van der Waals surface area contributed by atoms with E-state index in [9.17, 15) is 4.79 Å². The fourth-order valence-electron chi connectivity index (χ4n) is 2.42. The topological polar surface area (TPSA) is 56.0 Å². The Bertz CT molecular complexity index is 879. The van der Waals surface area contributed by atoms with Gasteiger partial charge in [0.15, 0.2) is 5.78 Å². The van der Waals surface area contributed by atoms with Crippen LogP contribution in [-0.2, 0) is 0 Å². The molecule has 0 aliphatic carbocycles. The van der Waals surface area contributed by atoms with Gasteiger partial charge in [0.1, 0.15) is 4.83 Å². The molecular weight excluding hydrogens is 292 g/mol. The van der Waals surface area contributed by atoms with Gasteiger partial charge >= 0.3 is 0 Å². The van der Waals surface area contributed by atoms with E-state index in [-0.39, 0.29) is 5.78 Å².